The number of hydrogen-bond donors (Lipinski definition) is 3. The molecule has 0 aliphatic carbocycles. The zero-order valence-electron chi connectivity index (χ0n) is 19.2. The zero-order valence-corrected chi connectivity index (χ0v) is 20.0. The number of hydrogen-bond acceptors (Lipinski definition) is 7. The molecule has 3 aromatic carbocycles. The quantitative estimate of drug-likeness (QED) is 0.235. The molecule has 0 saturated carbocycles. The van der Waals surface area contributed by atoms with Crippen LogP contribution in [-0.4, -0.2) is 43.5 Å². The van der Waals surface area contributed by atoms with E-state index in [1.54, 1.807) is 0 Å². The van der Waals surface area contributed by atoms with Gasteiger partial charge in [0.2, 0.25) is 0 Å². The highest BCUT2D eigenvalue weighted by atomic mass is 32.2. The number of carbonyl (C=O) groups excluding carboxylic acids is 3. The molecular formula is C24H19F3N2O7S. The Balaban J connectivity index is 1.77. The van der Waals surface area contributed by atoms with Gasteiger partial charge in [-0.1, -0.05) is 12.1 Å². The average Bonchev–Trinajstić information content (AvgIpc) is 3.12. The van der Waals surface area contributed by atoms with Crippen LogP contribution in [0.2, 0.25) is 0 Å². The normalized spacial score (nSPS) is 13.9. The van der Waals surface area contributed by atoms with Crippen molar-refractivity contribution in [2.75, 3.05) is 10.0 Å². The van der Waals surface area contributed by atoms with Gasteiger partial charge in [0.25, 0.3) is 21.7 Å². The molecule has 1 amide bonds. The fourth-order valence-corrected chi connectivity index (χ4v) is 5.25. The number of Topliss-reactive ketones (excluding diaryl/α,β-unsaturated/α-hetero) is 1. The number of esters is 1. The smallest absolute Gasteiger partial charge is 0.451 e. The minimum atomic E-state index is -5.45. The van der Waals surface area contributed by atoms with Crippen molar-refractivity contribution >= 4 is 49.8 Å². The predicted molar refractivity (Wildman–Crippen MR) is 126 cm³/mol. The maximum atomic E-state index is 13.3. The number of phenolic OH excluding ortho intramolecular Hbond substituents is 1. The summed E-state index contributed by atoms with van der Waals surface area (Å²) in [6, 6.07) is 9.80. The highest BCUT2D eigenvalue weighted by Gasteiger charge is 2.49. The van der Waals surface area contributed by atoms with Crippen molar-refractivity contribution in [3.63, 3.8) is 0 Å². The van der Waals surface area contributed by atoms with E-state index in [0.29, 0.717) is 11.1 Å². The van der Waals surface area contributed by atoms with Crippen molar-refractivity contribution in [3.05, 3.63) is 59.7 Å². The largest absolute Gasteiger partial charge is 0.508 e. The first-order chi connectivity index (χ1) is 17.2. The molecular weight excluding hydrogens is 517 g/mol. The Bertz CT molecular complexity index is 1570. The van der Waals surface area contributed by atoms with Crippen LogP contribution in [0.3, 0.4) is 0 Å². The molecule has 0 bridgehead atoms. The molecule has 0 aromatic heterocycles. The number of aromatic hydroxyl groups is 1. The van der Waals surface area contributed by atoms with Crippen LogP contribution in [0.15, 0.2) is 53.4 Å². The lowest BCUT2D eigenvalue weighted by Crippen LogP contribution is -2.35. The summed E-state index contributed by atoms with van der Waals surface area (Å²) in [4.78, 5) is 36.4. The number of phenols is 1. The molecule has 13 heteroatoms. The van der Waals surface area contributed by atoms with E-state index >= 15 is 0 Å². The average molecular weight is 536 g/mol. The Morgan fingerprint density at radius 1 is 1.08 bits per heavy atom. The van der Waals surface area contributed by atoms with E-state index in [2.05, 4.69) is 10.0 Å². The van der Waals surface area contributed by atoms with Gasteiger partial charge in [0, 0.05) is 33.3 Å². The number of benzene rings is 3. The first-order valence-electron chi connectivity index (χ1n) is 10.7. The number of ether oxygens (including phenoxy) is 1. The maximum Gasteiger partial charge on any atom is 0.451 e. The van der Waals surface area contributed by atoms with Gasteiger partial charge in [0.05, 0.1) is 11.0 Å². The number of anilines is 2. The highest BCUT2D eigenvalue weighted by Crippen LogP contribution is 2.38. The number of amides is 1. The predicted octanol–water partition coefficient (Wildman–Crippen LogP) is 4.08. The Morgan fingerprint density at radius 2 is 1.78 bits per heavy atom. The molecule has 0 fully saturated rings. The van der Waals surface area contributed by atoms with Gasteiger partial charge >= 0.3 is 12.1 Å². The lowest BCUT2D eigenvalue weighted by atomic mass is 9.93. The molecule has 0 saturated heterocycles. The number of rotatable bonds is 7. The molecule has 9 nitrogen and oxygen atoms in total. The number of nitrogens with one attached hydrogen (secondary N) is 2. The van der Waals surface area contributed by atoms with E-state index < -0.39 is 57.2 Å². The summed E-state index contributed by atoms with van der Waals surface area (Å²) >= 11 is 0. The lowest BCUT2D eigenvalue weighted by Gasteiger charge is -2.20. The van der Waals surface area contributed by atoms with Gasteiger partial charge in [-0.25, -0.2) is 8.42 Å². The maximum absolute atomic E-state index is 13.3. The van der Waals surface area contributed by atoms with Gasteiger partial charge in [0.1, 0.15) is 5.75 Å². The molecule has 1 unspecified atom stereocenters. The Labute approximate surface area is 208 Å². The van der Waals surface area contributed by atoms with Crippen molar-refractivity contribution in [1.82, 2.24) is 0 Å². The Hall–Kier alpha value is -4.13. The first kappa shape index (κ1) is 25.9. The van der Waals surface area contributed by atoms with Crippen molar-refractivity contribution < 1.29 is 45.8 Å². The van der Waals surface area contributed by atoms with Crippen LogP contribution in [0.25, 0.3) is 10.8 Å². The molecule has 1 atom stereocenters. The van der Waals surface area contributed by atoms with Crippen LogP contribution in [0.1, 0.15) is 35.7 Å². The topological polar surface area (TPSA) is 139 Å². The number of carbonyl (C=O) groups is 3. The summed E-state index contributed by atoms with van der Waals surface area (Å²) in [5, 5.41) is 13.4. The van der Waals surface area contributed by atoms with Crippen LogP contribution >= 0.6 is 0 Å². The molecule has 1 aliphatic heterocycles. The van der Waals surface area contributed by atoms with E-state index in [1.807, 2.05) is 0 Å². The summed E-state index contributed by atoms with van der Waals surface area (Å²) < 4.78 is 73.3. The van der Waals surface area contributed by atoms with Crippen LogP contribution in [-0.2, 0) is 24.3 Å². The van der Waals surface area contributed by atoms with Crippen LogP contribution in [0.4, 0.5) is 24.5 Å². The number of alkyl halides is 3. The minimum absolute atomic E-state index is 0.213. The molecule has 37 heavy (non-hydrogen) atoms. The Morgan fingerprint density at radius 3 is 2.43 bits per heavy atom. The first-order valence-corrected chi connectivity index (χ1v) is 12.2. The third kappa shape index (κ3) is 4.81. The molecule has 4 rings (SSSR count). The summed E-state index contributed by atoms with van der Waals surface area (Å²) in [6.45, 7) is 2.72. The van der Waals surface area contributed by atoms with Crippen LogP contribution < -0.4 is 10.0 Å². The zero-order chi connectivity index (χ0) is 27.3. The highest BCUT2D eigenvalue weighted by molar-refractivity contribution is 7.93. The van der Waals surface area contributed by atoms with E-state index in [0.717, 1.165) is 18.2 Å². The fraction of sp³-hybridized carbons (Fsp3) is 0.208. The second-order valence-corrected chi connectivity index (χ2v) is 10.1. The molecule has 0 spiro atoms. The van der Waals surface area contributed by atoms with Gasteiger partial charge in [0.15, 0.2) is 5.92 Å². The van der Waals surface area contributed by atoms with Gasteiger partial charge < -0.3 is 15.2 Å². The Kier molecular flexibility index (Phi) is 6.36. The molecule has 1 heterocycles. The molecule has 3 N–H and O–H groups in total. The number of sulfonamides is 1. The number of ketones is 1. The van der Waals surface area contributed by atoms with Crippen LogP contribution in [0.5, 0.6) is 5.75 Å². The molecule has 0 radical (unpaired) electrons. The second kappa shape index (κ2) is 9.07. The minimum Gasteiger partial charge on any atom is -0.508 e. The van der Waals surface area contributed by atoms with Crippen molar-refractivity contribution in [2.24, 2.45) is 0 Å². The van der Waals surface area contributed by atoms with Crippen LogP contribution in [0, 0.1) is 0 Å². The molecule has 3 aromatic rings. The van der Waals surface area contributed by atoms with Crippen molar-refractivity contribution in [1.29, 1.82) is 0 Å². The standard InChI is InChI=1S/C24H19F3N2O7S/c1-11(2)36-23(33)20(21(31)24(25,26)27)15-10-12(6-8-17(15)30)29-37(34,35)18-9-7-16-19-13(18)4-3-5-14(19)22(32)28-16/h3-11,20,29-30H,1-2H3,(H,28,32). The third-order valence-corrected chi connectivity index (χ3v) is 6.94. The van der Waals surface area contributed by atoms with Gasteiger partial charge in [-0.2, -0.15) is 13.2 Å². The third-order valence-electron chi connectivity index (χ3n) is 5.50. The van der Waals surface area contributed by atoms with E-state index in [1.165, 1.54) is 44.2 Å². The molecule has 194 valence electrons. The monoisotopic (exact) mass is 536 g/mol. The summed E-state index contributed by atoms with van der Waals surface area (Å²) in [5.74, 6) is -7.88. The van der Waals surface area contributed by atoms with Gasteiger partial charge in [-0.05, 0) is 50.2 Å². The van der Waals surface area contributed by atoms with E-state index in [9.17, 15) is 41.1 Å². The summed E-state index contributed by atoms with van der Waals surface area (Å²) in [5.41, 5.74) is -0.432. The SMILES string of the molecule is CC(C)OC(=O)C(C(=O)C(F)(F)F)c1cc(NS(=O)(=O)c2ccc3c4c(cccc24)C(=O)N3)ccc1O. The number of halogens is 3. The second-order valence-electron chi connectivity index (χ2n) is 8.45. The van der Waals surface area contributed by atoms with E-state index in [-0.39, 0.29) is 21.5 Å². The van der Waals surface area contributed by atoms with E-state index in [4.69, 9.17) is 4.74 Å². The van der Waals surface area contributed by atoms with Crippen molar-refractivity contribution in [3.8, 4) is 5.75 Å². The van der Waals surface area contributed by atoms with Crippen molar-refractivity contribution in [2.45, 2.75) is 36.9 Å². The van der Waals surface area contributed by atoms with Gasteiger partial charge in [-0.15, -0.1) is 0 Å². The fourth-order valence-electron chi connectivity index (χ4n) is 4.00. The molecule has 1 aliphatic rings. The summed E-state index contributed by atoms with van der Waals surface area (Å²) in [7, 11) is -4.40. The lowest BCUT2D eigenvalue weighted by molar-refractivity contribution is -0.178. The summed E-state index contributed by atoms with van der Waals surface area (Å²) in [6.07, 6.45) is -6.32. The van der Waals surface area contributed by atoms with Gasteiger partial charge in [-0.3, -0.25) is 19.1 Å².